The number of carbonyl (C=O) groups is 1. The molecule has 25 heavy (non-hydrogen) atoms. The van der Waals surface area contributed by atoms with E-state index in [2.05, 4.69) is 20.5 Å². The van der Waals surface area contributed by atoms with Gasteiger partial charge in [-0.3, -0.25) is 9.78 Å². The molecule has 2 aromatic heterocycles. The van der Waals surface area contributed by atoms with Crippen LogP contribution in [0.2, 0.25) is 0 Å². The summed E-state index contributed by atoms with van der Waals surface area (Å²) in [6, 6.07) is 7.27. The van der Waals surface area contributed by atoms with Gasteiger partial charge in [-0.15, -0.1) is 0 Å². The molecule has 0 saturated carbocycles. The number of rotatable bonds is 7. The van der Waals surface area contributed by atoms with E-state index in [1.807, 2.05) is 6.07 Å². The van der Waals surface area contributed by atoms with E-state index in [4.69, 9.17) is 9.47 Å². The Morgan fingerprint density at radius 1 is 1.44 bits per heavy atom. The van der Waals surface area contributed by atoms with Gasteiger partial charge >= 0.3 is 0 Å². The van der Waals surface area contributed by atoms with Gasteiger partial charge in [-0.25, -0.2) is 10.4 Å². The molecule has 8 nitrogen and oxygen atoms in total. The maximum Gasteiger partial charge on any atom is 0.278 e. The molecule has 128 valence electrons. The second-order valence-electron chi connectivity index (χ2n) is 5.01. The average molecular weight is 339 g/mol. The van der Waals surface area contributed by atoms with Crippen molar-refractivity contribution < 1.29 is 14.3 Å². The molecule has 2 heterocycles. The molecule has 0 aromatic carbocycles. The molecule has 0 unspecified atom stereocenters. The van der Waals surface area contributed by atoms with Crippen molar-refractivity contribution in [2.75, 3.05) is 13.7 Å². The van der Waals surface area contributed by atoms with Gasteiger partial charge in [-0.1, -0.05) is 0 Å². The van der Waals surface area contributed by atoms with Crippen molar-refractivity contribution >= 4 is 12.1 Å². The molecule has 2 aromatic rings. The Morgan fingerprint density at radius 2 is 2.20 bits per heavy atom. The Hall–Kier alpha value is -3.31. The van der Waals surface area contributed by atoms with Crippen LogP contribution >= 0.6 is 0 Å². The number of nitriles is 1. The largest absolute Gasteiger partial charge is 0.467 e. The standard InChI is InChI=1S/C17H17N5O3/c1-12-7-14(10-24-2)15(8-18)17(21-12)25-11-16(23)22-20-9-13-3-5-19-6-4-13/h3-7,9H,10-11H2,1-2H3,(H,22,23)/b20-9-. The monoisotopic (exact) mass is 339 g/mol. The zero-order valence-corrected chi connectivity index (χ0v) is 13.9. The number of hydrogen-bond donors (Lipinski definition) is 1. The van der Waals surface area contributed by atoms with Gasteiger partial charge in [-0.05, 0) is 30.7 Å². The van der Waals surface area contributed by atoms with Gasteiger partial charge in [0.2, 0.25) is 5.88 Å². The number of pyridine rings is 2. The molecule has 2 rings (SSSR count). The Kier molecular flexibility index (Phi) is 6.56. The third-order valence-electron chi connectivity index (χ3n) is 3.06. The summed E-state index contributed by atoms with van der Waals surface area (Å²) in [6.45, 7) is 1.71. The highest BCUT2D eigenvalue weighted by Crippen LogP contribution is 2.21. The Bertz CT molecular complexity index is 800. The maximum atomic E-state index is 11.8. The summed E-state index contributed by atoms with van der Waals surface area (Å²) in [5.74, 6) is -0.367. The Balaban J connectivity index is 1.97. The minimum Gasteiger partial charge on any atom is -0.467 e. The van der Waals surface area contributed by atoms with Gasteiger partial charge in [0, 0.05) is 30.8 Å². The average Bonchev–Trinajstić information content (AvgIpc) is 2.61. The first-order valence-electron chi connectivity index (χ1n) is 7.38. The number of hydrazone groups is 1. The molecule has 0 bridgehead atoms. The molecule has 0 aliphatic rings. The number of hydrogen-bond acceptors (Lipinski definition) is 7. The lowest BCUT2D eigenvalue weighted by atomic mass is 10.1. The van der Waals surface area contributed by atoms with E-state index in [9.17, 15) is 10.1 Å². The number of nitrogens with one attached hydrogen (secondary N) is 1. The third-order valence-corrected chi connectivity index (χ3v) is 3.06. The van der Waals surface area contributed by atoms with Crippen molar-refractivity contribution in [3.05, 3.63) is 53.0 Å². The molecule has 1 N–H and O–H groups in total. The molecule has 0 atom stereocenters. The van der Waals surface area contributed by atoms with Crippen LogP contribution in [0, 0.1) is 18.3 Å². The van der Waals surface area contributed by atoms with Crippen LogP contribution in [0.1, 0.15) is 22.4 Å². The molecule has 0 fully saturated rings. The van der Waals surface area contributed by atoms with Gasteiger partial charge in [0.05, 0.1) is 12.8 Å². The van der Waals surface area contributed by atoms with Crippen molar-refractivity contribution in [3.8, 4) is 11.9 Å². The fourth-order valence-electron chi connectivity index (χ4n) is 2.00. The van der Waals surface area contributed by atoms with Gasteiger partial charge in [0.1, 0.15) is 11.6 Å². The molecular weight excluding hydrogens is 322 g/mol. The van der Waals surface area contributed by atoms with Gasteiger partial charge < -0.3 is 9.47 Å². The predicted octanol–water partition coefficient (Wildman–Crippen LogP) is 1.33. The zero-order valence-electron chi connectivity index (χ0n) is 13.9. The fourth-order valence-corrected chi connectivity index (χ4v) is 2.00. The number of aryl methyl sites for hydroxylation is 1. The van der Waals surface area contributed by atoms with Crippen molar-refractivity contribution in [3.63, 3.8) is 0 Å². The van der Waals surface area contributed by atoms with E-state index < -0.39 is 5.91 Å². The molecule has 0 aliphatic carbocycles. The topological polar surface area (TPSA) is 109 Å². The molecule has 0 aliphatic heterocycles. The Morgan fingerprint density at radius 3 is 2.88 bits per heavy atom. The highest BCUT2D eigenvalue weighted by atomic mass is 16.5. The SMILES string of the molecule is COCc1cc(C)nc(OCC(=O)N/N=C\c2ccncc2)c1C#N. The summed E-state index contributed by atoms with van der Waals surface area (Å²) < 4.78 is 10.4. The van der Waals surface area contributed by atoms with Crippen LogP contribution in [-0.2, 0) is 16.1 Å². The zero-order chi connectivity index (χ0) is 18.1. The van der Waals surface area contributed by atoms with E-state index in [0.717, 1.165) is 5.56 Å². The van der Waals surface area contributed by atoms with Crippen LogP contribution in [0.5, 0.6) is 5.88 Å². The van der Waals surface area contributed by atoms with Crippen molar-refractivity contribution in [2.24, 2.45) is 5.10 Å². The van der Waals surface area contributed by atoms with Gasteiger partial charge in [-0.2, -0.15) is 10.4 Å². The number of methoxy groups -OCH3 is 1. The van der Waals surface area contributed by atoms with Crippen LogP contribution in [-0.4, -0.2) is 35.8 Å². The van der Waals surface area contributed by atoms with E-state index in [0.29, 0.717) is 11.3 Å². The molecule has 8 heteroatoms. The predicted molar refractivity (Wildman–Crippen MR) is 89.9 cm³/mol. The summed E-state index contributed by atoms with van der Waals surface area (Å²) in [7, 11) is 1.53. The first kappa shape index (κ1) is 18.0. The number of amides is 1. The van der Waals surface area contributed by atoms with Crippen LogP contribution in [0.15, 0.2) is 35.7 Å². The normalized spacial score (nSPS) is 10.4. The fraction of sp³-hybridized carbons (Fsp3) is 0.235. The minimum absolute atomic E-state index is 0.0998. The van der Waals surface area contributed by atoms with E-state index in [-0.39, 0.29) is 24.7 Å². The Labute approximate surface area is 145 Å². The summed E-state index contributed by atoms with van der Waals surface area (Å²) in [4.78, 5) is 19.8. The smallest absolute Gasteiger partial charge is 0.278 e. The molecular formula is C17H17N5O3. The van der Waals surface area contributed by atoms with Crippen LogP contribution < -0.4 is 10.2 Å². The van der Waals surface area contributed by atoms with Crippen LogP contribution in [0.3, 0.4) is 0 Å². The number of carbonyl (C=O) groups excluding carboxylic acids is 1. The summed E-state index contributed by atoms with van der Waals surface area (Å²) >= 11 is 0. The molecule has 0 spiro atoms. The van der Waals surface area contributed by atoms with Crippen molar-refractivity contribution in [1.29, 1.82) is 5.26 Å². The first-order valence-corrected chi connectivity index (χ1v) is 7.38. The third kappa shape index (κ3) is 5.37. The number of ether oxygens (including phenoxy) is 2. The lowest BCUT2D eigenvalue weighted by molar-refractivity contribution is -0.123. The van der Waals surface area contributed by atoms with E-state index in [1.165, 1.54) is 13.3 Å². The molecule has 0 saturated heterocycles. The van der Waals surface area contributed by atoms with E-state index in [1.54, 1.807) is 37.5 Å². The van der Waals surface area contributed by atoms with Crippen LogP contribution in [0.4, 0.5) is 0 Å². The highest BCUT2D eigenvalue weighted by molar-refractivity contribution is 5.82. The lowest BCUT2D eigenvalue weighted by Gasteiger charge is -2.10. The first-order chi connectivity index (χ1) is 12.1. The second kappa shape index (κ2) is 9.10. The molecule has 1 amide bonds. The minimum atomic E-state index is -0.467. The molecule has 0 radical (unpaired) electrons. The van der Waals surface area contributed by atoms with Gasteiger partial charge in [0.25, 0.3) is 5.91 Å². The number of nitrogens with zero attached hydrogens (tertiary/aromatic N) is 4. The highest BCUT2D eigenvalue weighted by Gasteiger charge is 2.14. The van der Waals surface area contributed by atoms with Crippen LogP contribution in [0.25, 0.3) is 0 Å². The number of aromatic nitrogens is 2. The quantitative estimate of drug-likeness (QED) is 0.602. The van der Waals surface area contributed by atoms with Gasteiger partial charge in [0.15, 0.2) is 6.61 Å². The maximum absolute atomic E-state index is 11.8. The summed E-state index contributed by atoms with van der Waals surface area (Å²) in [5.41, 5.74) is 4.71. The summed E-state index contributed by atoms with van der Waals surface area (Å²) in [5, 5.41) is 13.1. The lowest BCUT2D eigenvalue weighted by Crippen LogP contribution is -2.25. The second-order valence-corrected chi connectivity index (χ2v) is 5.01. The van der Waals surface area contributed by atoms with Crippen molar-refractivity contribution in [2.45, 2.75) is 13.5 Å². The summed E-state index contributed by atoms with van der Waals surface area (Å²) in [6.07, 6.45) is 4.73. The van der Waals surface area contributed by atoms with Crippen molar-refractivity contribution in [1.82, 2.24) is 15.4 Å². The van der Waals surface area contributed by atoms with E-state index >= 15 is 0 Å².